The third-order valence-corrected chi connectivity index (χ3v) is 4.74. The van der Waals surface area contributed by atoms with Gasteiger partial charge in [-0.05, 0) is 36.2 Å². The molecule has 6 heteroatoms. The van der Waals surface area contributed by atoms with Gasteiger partial charge >= 0.3 is 0 Å². The lowest BCUT2D eigenvalue weighted by molar-refractivity contribution is 0.0945. The monoisotopic (exact) mass is 341 g/mol. The highest BCUT2D eigenvalue weighted by molar-refractivity contribution is 5.93. The van der Waals surface area contributed by atoms with Crippen LogP contribution in [0, 0.1) is 5.82 Å². The second kappa shape index (κ2) is 6.80. The Morgan fingerprint density at radius 2 is 2.08 bits per heavy atom. The molecule has 1 aliphatic heterocycles. The average Bonchev–Trinajstić information content (AvgIpc) is 3.42. The summed E-state index contributed by atoms with van der Waals surface area (Å²) in [7, 11) is 0. The Balaban J connectivity index is 1.40. The van der Waals surface area contributed by atoms with E-state index in [0.717, 1.165) is 30.8 Å². The lowest BCUT2D eigenvalue weighted by Gasteiger charge is -2.28. The maximum atomic E-state index is 13.3. The van der Waals surface area contributed by atoms with Crippen LogP contribution in [-0.2, 0) is 4.74 Å². The zero-order valence-corrected chi connectivity index (χ0v) is 13.8. The van der Waals surface area contributed by atoms with Crippen molar-refractivity contribution in [3.8, 4) is 0 Å². The largest absolute Gasteiger partial charge is 0.378 e. The Kier molecular flexibility index (Phi) is 4.36. The minimum absolute atomic E-state index is 0.0446. The molecule has 0 bridgehead atoms. The van der Waals surface area contributed by atoms with Gasteiger partial charge in [0.1, 0.15) is 11.5 Å². The van der Waals surface area contributed by atoms with E-state index < -0.39 is 0 Å². The van der Waals surface area contributed by atoms with Crippen LogP contribution < -0.4 is 10.2 Å². The number of anilines is 1. The van der Waals surface area contributed by atoms with Crippen molar-refractivity contribution < 1.29 is 13.9 Å². The van der Waals surface area contributed by atoms with Gasteiger partial charge in [-0.15, -0.1) is 0 Å². The summed E-state index contributed by atoms with van der Waals surface area (Å²) in [6, 6.07) is 10.3. The maximum absolute atomic E-state index is 13.3. The van der Waals surface area contributed by atoms with Crippen LogP contribution in [-0.4, -0.2) is 43.2 Å². The Morgan fingerprint density at radius 1 is 1.24 bits per heavy atom. The Labute approximate surface area is 145 Å². The van der Waals surface area contributed by atoms with Crippen LogP contribution >= 0.6 is 0 Å². The third kappa shape index (κ3) is 3.64. The first-order valence-corrected chi connectivity index (χ1v) is 8.56. The Hall–Kier alpha value is -2.47. The molecule has 25 heavy (non-hydrogen) atoms. The van der Waals surface area contributed by atoms with Gasteiger partial charge < -0.3 is 15.0 Å². The first-order chi connectivity index (χ1) is 12.2. The molecule has 1 N–H and O–H groups in total. The van der Waals surface area contributed by atoms with Crippen molar-refractivity contribution >= 4 is 11.6 Å². The van der Waals surface area contributed by atoms with Crippen molar-refractivity contribution in [3.05, 3.63) is 59.7 Å². The predicted molar refractivity (Wildman–Crippen MR) is 92.3 cm³/mol. The van der Waals surface area contributed by atoms with Crippen LogP contribution in [0.4, 0.5) is 10.1 Å². The fourth-order valence-electron chi connectivity index (χ4n) is 3.26. The summed E-state index contributed by atoms with van der Waals surface area (Å²) in [5.74, 6) is -0.240. The third-order valence-electron chi connectivity index (χ3n) is 4.74. The normalized spacial score (nSPS) is 22.5. The van der Waals surface area contributed by atoms with Crippen molar-refractivity contribution in [2.75, 3.05) is 31.2 Å². The minimum Gasteiger partial charge on any atom is -0.378 e. The van der Waals surface area contributed by atoms with Gasteiger partial charge in [0.25, 0.3) is 5.91 Å². The van der Waals surface area contributed by atoms with Crippen molar-refractivity contribution in [2.24, 2.45) is 0 Å². The van der Waals surface area contributed by atoms with Crippen molar-refractivity contribution in [1.29, 1.82) is 0 Å². The Morgan fingerprint density at radius 3 is 2.88 bits per heavy atom. The smallest absolute Gasteiger partial charge is 0.270 e. The van der Waals surface area contributed by atoms with Crippen molar-refractivity contribution in [1.82, 2.24) is 10.3 Å². The van der Waals surface area contributed by atoms with Gasteiger partial charge in [0.2, 0.25) is 0 Å². The molecule has 2 fully saturated rings. The van der Waals surface area contributed by atoms with Crippen molar-refractivity contribution in [3.63, 3.8) is 0 Å². The summed E-state index contributed by atoms with van der Waals surface area (Å²) >= 11 is 0. The summed E-state index contributed by atoms with van der Waals surface area (Å²) in [6.07, 6.45) is 2.50. The molecule has 4 rings (SSSR count). The molecule has 0 spiro atoms. The van der Waals surface area contributed by atoms with Gasteiger partial charge in [0.15, 0.2) is 0 Å². The Bertz CT molecular complexity index is 777. The number of nitrogens with zero attached hydrogens (tertiary/aromatic N) is 2. The second-order valence-corrected chi connectivity index (χ2v) is 6.48. The molecule has 1 saturated heterocycles. The standard InChI is InChI=1S/C19H20FN3O2/c20-14-3-1-2-13(10-14)16-12-17(16)22-19(24)18-11-15(4-5-21-18)23-6-8-25-9-7-23/h1-5,10-11,16-17H,6-9,12H2,(H,22,24)/t16-,17+/m1/s1. The summed E-state index contributed by atoms with van der Waals surface area (Å²) < 4.78 is 18.7. The van der Waals surface area contributed by atoms with E-state index >= 15 is 0 Å². The molecule has 2 aliphatic rings. The number of morpholine rings is 1. The maximum Gasteiger partial charge on any atom is 0.270 e. The highest BCUT2D eigenvalue weighted by atomic mass is 19.1. The van der Waals surface area contributed by atoms with Crippen LogP contribution in [0.5, 0.6) is 0 Å². The van der Waals surface area contributed by atoms with Gasteiger partial charge in [-0.1, -0.05) is 12.1 Å². The molecule has 2 heterocycles. The number of nitrogens with one attached hydrogen (secondary N) is 1. The fourth-order valence-corrected chi connectivity index (χ4v) is 3.26. The molecule has 1 amide bonds. The lowest BCUT2D eigenvalue weighted by atomic mass is 10.1. The zero-order valence-electron chi connectivity index (χ0n) is 13.8. The molecule has 2 aromatic rings. The van der Waals surface area contributed by atoms with Crippen LogP contribution in [0.25, 0.3) is 0 Å². The first-order valence-electron chi connectivity index (χ1n) is 8.56. The fraction of sp³-hybridized carbons (Fsp3) is 0.368. The lowest BCUT2D eigenvalue weighted by Crippen LogP contribution is -2.36. The van der Waals surface area contributed by atoms with Crippen LogP contribution in [0.2, 0.25) is 0 Å². The number of aromatic nitrogens is 1. The molecule has 1 aliphatic carbocycles. The number of rotatable bonds is 4. The van der Waals surface area contributed by atoms with Crippen LogP contribution in [0.3, 0.4) is 0 Å². The molecule has 130 valence electrons. The molecule has 0 unspecified atom stereocenters. The van der Waals surface area contributed by atoms with Crippen molar-refractivity contribution in [2.45, 2.75) is 18.4 Å². The molecular formula is C19H20FN3O2. The quantitative estimate of drug-likeness (QED) is 0.927. The van der Waals surface area contributed by atoms with Gasteiger partial charge in [-0.25, -0.2) is 4.39 Å². The zero-order chi connectivity index (χ0) is 17.2. The van der Waals surface area contributed by atoms with Gasteiger partial charge in [-0.3, -0.25) is 9.78 Å². The van der Waals surface area contributed by atoms with E-state index in [1.54, 1.807) is 12.3 Å². The van der Waals surface area contributed by atoms with Crippen LogP contribution in [0.15, 0.2) is 42.6 Å². The van der Waals surface area contributed by atoms with E-state index in [1.807, 2.05) is 18.2 Å². The summed E-state index contributed by atoms with van der Waals surface area (Å²) in [5, 5.41) is 3.00. The number of halogens is 1. The number of ether oxygens (including phenoxy) is 1. The number of carbonyl (C=O) groups is 1. The van der Waals surface area contributed by atoms with E-state index in [-0.39, 0.29) is 23.7 Å². The van der Waals surface area contributed by atoms with Crippen LogP contribution in [0.1, 0.15) is 28.4 Å². The number of carbonyl (C=O) groups excluding carboxylic acids is 1. The van der Waals surface area contributed by atoms with E-state index in [9.17, 15) is 9.18 Å². The number of pyridine rings is 1. The highest BCUT2D eigenvalue weighted by Gasteiger charge is 2.39. The van der Waals surface area contributed by atoms with Gasteiger partial charge in [0.05, 0.1) is 13.2 Å². The van der Waals surface area contributed by atoms with Gasteiger partial charge in [0, 0.05) is 36.9 Å². The number of hydrogen-bond acceptors (Lipinski definition) is 4. The SMILES string of the molecule is O=C(N[C@H]1C[C@@H]1c1cccc(F)c1)c1cc(N2CCOCC2)ccn1. The molecule has 5 nitrogen and oxygen atoms in total. The molecule has 2 atom stereocenters. The molecule has 0 radical (unpaired) electrons. The molecule has 1 aromatic heterocycles. The average molecular weight is 341 g/mol. The number of amides is 1. The second-order valence-electron chi connectivity index (χ2n) is 6.48. The molecule has 1 aromatic carbocycles. The predicted octanol–water partition coefficient (Wildman–Crippen LogP) is 2.34. The van der Waals surface area contributed by atoms with E-state index in [4.69, 9.17) is 4.74 Å². The number of hydrogen-bond donors (Lipinski definition) is 1. The van der Waals surface area contributed by atoms with Gasteiger partial charge in [-0.2, -0.15) is 0 Å². The summed E-state index contributed by atoms with van der Waals surface area (Å²) in [4.78, 5) is 18.9. The first kappa shape index (κ1) is 16.0. The minimum atomic E-state index is -0.241. The van der Waals surface area contributed by atoms with E-state index in [0.29, 0.717) is 18.9 Å². The highest BCUT2D eigenvalue weighted by Crippen LogP contribution is 2.41. The molecular weight excluding hydrogens is 321 g/mol. The molecule has 1 saturated carbocycles. The van der Waals surface area contributed by atoms with E-state index in [1.165, 1.54) is 12.1 Å². The summed E-state index contributed by atoms with van der Waals surface area (Å²) in [5.41, 5.74) is 2.33. The summed E-state index contributed by atoms with van der Waals surface area (Å²) in [6.45, 7) is 3.02. The number of benzene rings is 1. The van der Waals surface area contributed by atoms with E-state index in [2.05, 4.69) is 15.2 Å². The topological polar surface area (TPSA) is 54.5 Å².